The van der Waals surface area contributed by atoms with E-state index in [-0.39, 0.29) is 5.91 Å². The van der Waals surface area contributed by atoms with Crippen LogP contribution in [-0.2, 0) is 16.0 Å². The standard InChI is InChI=1S/C23H32N2O2/c1-18-7-2-3-8-19(18)15-22(27)25-16-20(23(17-25)11-6-12-23)9-10-21(26)24-13-4-5-14-24/h2-3,7-8,20H,4-6,9-17H2,1H3. The molecular weight excluding hydrogens is 336 g/mol. The molecule has 2 amide bonds. The molecule has 3 fully saturated rings. The van der Waals surface area contributed by atoms with E-state index in [0.29, 0.717) is 30.1 Å². The number of rotatable bonds is 5. The summed E-state index contributed by atoms with van der Waals surface area (Å²) in [5.41, 5.74) is 2.63. The second-order valence-electron chi connectivity index (χ2n) is 8.92. The maximum Gasteiger partial charge on any atom is 0.227 e. The van der Waals surface area contributed by atoms with Crippen molar-refractivity contribution in [1.29, 1.82) is 0 Å². The average Bonchev–Trinajstić information content (AvgIpc) is 3.29. The van der Waals surface area contributed by atoms with Crippen molar-refractivity contribution in [1.82, 2.24) is 9.80 Å². The van der Waals surface area contributed by atoms with E-state index in [1.165, 1.54) is 24.8 Å². The van der Waals surface area contributed by atoms with Gasteiger partial charge in [0.25, 0.3) is 0 Å². The number of hydrogen-bond acceptors (Lipinski definition) is 2. The summed E-state index contributed by atoms with van der Waals surface area (Å²) in [5.74, 6) is 1.08. The number of nitrogens with zero attached hydrogens (tertiary/aromatic N) is 2. The highest BCUT2D eigenvalue weighted by molar-refractivity contribution is 5.79. The van der Waals surface area contributed by atoms with Crippen molar-refractivity contribution in [3.8, 4) is 0 Å². The number of aryl methyl sites for hydroxylation is 1. The van der Waals surface area contributed by atoms with Crippen LogP contribution in [0.1, 0.15) is 56.1 Å². The van der Waals surface area contributed by atoms with E-state index >= 15 is 0 Å². The summed E-state index contributed by atoms with van der Waals surface area (Å²) in [6, 6.07) is 8.18. The predicted octanol–water partition coefficient (Wildman–Crippen LogP) is 3.57. The third-order valence-corrected chi connectivity index (χ3v) is 7.28. The summed E-state index contributed by atoms with van der Waals surface area (Å²) in [6.07, 6.45) is 8.14. The molecule has 146 valence electrons. The summed E-state index contributed by atoms with van der Waals surface area (Å²) >= 11 is 0. The zero-order valence-corrected chi connectivity index (χ0v) is 16.6. The van der Waals surface area contributed by atoms with Gasteiger partial charge in [0.1, 0.15) is 0 Å². The number of carbonyl (C=O) groups excluding carboxylic acids is 2. The fourth-order valence-corrected chi connectivity index (χ4v) is 5.32. The Morgan fingerprint density at radius 2 is 1.78 bits per heavy atom. The fraction of sp³-hybridized carbons (Fsp3) is 0.652. The van der Waals surface area contributed by atoms with E-state index in [9.17, 15) is 9.59 Å². The van der Waals surface area contributed by atoms with Gasteiger partial charge < -0.3 is 9.80 Å². The van der Waals surface area contributed by atoms with E-state index in [2.05, 4.69) is 24.0 Å². The SMILES string of the molecule is Cc1ccccc1CC(=O)N1CC(CCC(=O)N2CCCC2)C2(CCC2)C1. The van der Waals surface area contributed by atoms with Crippen LogP contribution in [0.2, 0.25) is 0 Å². The summed E-state index contributed by atoms with van der Waals surface area (Å²) in [6.45, 7) is 5.70. The summed E-state index contributed by atoms with van der Waals surface area (Å²) < 4.78 is 0. The van der Waals surface area contributed by atoms with Gasteiger partial charge in [-0.05, 0) is 61.5 Å². The minimum absolute atomic E-state index is 0.254. The van der Waals surface area contributed by atoms with Crippen LogP contribution >= 0.6 is 0 Å². The molecule has 4 nitrogen and oxygen atoms in total. The van der Waals surface area contributed by atoms with Gasteiger partial charge in [0.05, 0.1) is 6.42 Å². The van der Waals surface area contributed by atoms with Crippen LogP contribution in [0.15, 0.2) is 24.3 Å². The van der Waals surface area contributed by atoms with Gasteiger partial charge in [-0.3, -0.25) is 9.59 Å². The molecule has 1 aromatic rings. The van der Waals surface area contributed by atoms with Crippen molar-refractivity contribution in [3.63, 3.8) is 0 Å². The number of amides is 2. The van der Waals surface area contributed by atoms with Gasteiger partial charge in [-0.2, -0.15) is 0 Å². The van der Waals surface area contributed by atoms with Crippen molar-refractivity contribution in [2.75, 3.05) is 26.2 Å². The van der Waals surface area contributed by atoms with Crippen LogP contribution < -0.4 is 0 Å². The molecule has 1 spiro atoms. The highest BCUT2D eigenvalue weighted by Gasteiger charge is 2.51. The Bertz CT molecular complexity index is 704. The lowest BCUT2D eigenvalue weighted by Gasteiger charge is -2.43. The van der Waals surface area contributed by atoms with Crippen molar-refractivity contribution in [2.24, 2.45) is 11.3 Å². The molecule has 27 heavy (non-hydrogen) atoms. The number of hydrogen-bond donors (Lipinski definition) is 0. The van der Waals surface area contributed by atoms with Crippen molar-refractivity contribution >= 4 is 11.8 Å². The van der Waals surface area contributed by atoms with E-state index in [4.69, 9.17) is 0 Å². The van der Waals surface area contributed by atoms with E-state index in [0.717, 1.165) is 51.0 Å². The van der Waals surface area contributed by atoms with Gasteiger partial charge >= 0.3 is 0 Å². The molecule has 3 aliphatic rings. The number of benzene rings is 1. The Morgan fingerprint density at radius 1 is 1.04 bits per heavy atom. The van der Waals surface area contributed by atoms with Gasteiger partial charge in [0.2, 0.25) is 11.8 Å². The fourth-order valence-electron chi connectivity index (χ4n) is 5.32. The van der Waals surface area contributed by atoms with Crippen LogP contribution in [-0.4, -0.2) is 47.8 Å². The Labute approximate surface area is 162 Å². The lowest BCUT2D eigenvalue weighted by Crippen LogP contribution is -2.39. The topological polar surface area (TPSA) is 40.6 Å². The van der Waals surface area contributed by atoms with Gasteiger partial charge in [-0.1, -0.05) is 30.7 Å². The van der Waals surface area contributed by atoms with Gasteiger partial charge in [-0.25, -0.2) is 0 Å². The molecule has 0 radical (unpaired) electrons. The number of carbonyl (C=O) groups is 2. The second-order valence-corrected chi connectivity index (χ2v) is 8.92. The zero-order chi connectivity index (χ0) is 18.9. The van der Waals surface area contributed by atoms with Crippen molar-refractivity contribution in [3.05, 3.63) is 35.4 Å². The van der Waals surface area contributed by atoms with Gasteiger partial charge in [-0.15, -0.1) is 0 Å². The van der Waals surface area contributed by atoms with Gasteiger partial charge in [0, 0.05) is 32.6 Å². The molecule has 2 saturated heterocycles. The van der Waals surface area contributed by atoms with E-state index < -0.39 is 0 Å². The molecule has 1 saturated carbocycles. The Morgan fingerprint density at radius 3 is 2.44 bits per heavy atom. The van der Waals surface area contributed by atoms with Crippen molar-refractivity contribution in [2.45, 2.75) is 58.3 Å². The third-order valence-electron chi connectivity index (χ3n) is 7.28. The molecule has 1 aromatic carbocycles. The minimum atomic E-state index is 0.254. The third kappa shape index (κ3) is 3.76. The first-order valence-corrected chi connectivity index (χ1v) is 10.7. The molecule has 4 heteroatoms. The first kappa shape index (κ1) is 18.5. The van der Waals surface area contributed by atoms with E-state index in [1.807, 2.05) is 17.0 Å². The minimum Gasteiger partial charge on any atom is -0.343 e. The largest absolute Gasteiger partial charge is 0.343 e. The second kappa shape index (κ2) is 7.65. The zero-order valence-electron chi connectivity index (χ0n) is 16.6. The first-order valence-electron chi connectivity index (χ1n) is 10.7. The quantitative estimate of drug-likeness (QED) is 0.797. The average molecular weight is 369 g/mol. The molecule has 2 heterocycles. The maximum atomic E-state index is 12.9. The smallest absolute Gasteiger partial charge is 0.227 e. The highest BCUT2D eigenvalue weighted by Crippen LogP contribution is 2.53. The number of likely N-dealkylation sites (tertiary alicyclic amines) is 2. The van der Waals surface area contributed by atoms with Crippen LogP contribution in [0.4, 0.5) is 0 Å². The Balaban J connectivity index is 1.36. The Kier molecular flexibility index (Phi) is 5.25. The van der Waals surface area contributed by atoms with E-state index in [1.54, 1.807) is 0 Å². The normalized spacial score (nSPS) is 23.7. The van der Waals surface area contributed by atoms with Crippen LogP contribution in [0.25, 0.3) is 0 Å². The molecule has 0 bridgehead atoms. The maximum absolute atomic E-state index is 12.9. The monoisotopic (exact) mass is 368 g/mol. The highest BCUT2D eigenvalue weighted by atomic mass is 16.2. The van der Waals surface area contributed by atoms with Crippen molar-refractivity contribution < 1.29 is 9.59 Å². The van der Waals surface area contributed by atoms with Crippen LogP contribution in [0.3, 0.4) is 0 Å². The Hall–Kier alpha value is -1.84. The predicted molar refractivity (Wildman–Crippen MR) is 106 cm³/mol. The van der Waals surface area contributed by atoms with Crippen LogP contribution in [0, 0.1) is 18.3 Å². The lowest BCUT2D eigenvalue weighted by molar-refractivity contribution is -0.131. The van der Waals surface area contributed by atoms with Gasteiger partial charge in [0.15, 0.2) is 0 Å². The summed E-state index contributed by atoms with van der Waals surface area (Å²) in [7, 11) is 0. The molecule has 1 atom stereocenters. The molecule has 1 aliphatic carbocycles. The first-order chi connectivity index (χ1) is 13.1. The molecule has 2 aliphatic heterocycles. The summed E-state index contributed by atoms with van der Waals surface area (Å²) in [4.78, 5) is 29.5. The molecule has 4 rings (SSSR count). The molecule has 0 N–H and O–H groups in total. The van der Waals surface area contributed by atoms with Crippen LogP contribution in [0.5, 0.6) is 0 Å². The molecule has 0 aromatic heterocycles. The molecular formula is C23H32N2O2. The molecule has 1 unspecified atom stereocenters. The summed E-state index contributed by atoms with van der Waals surface area (Å²) in [5, 5.41) is 0. The lowest BCUT2D eigenvalue weighted by atomic mass is 9.62.